The molecule has 0 aromatic heterocycles. The zero-order chi connectivity index (χ0) is 10.7. The van der Waals surface area contributed by atoms with Crippen LogP contribution in [0, 0.1) is 5.92 Å². The van der Waals surface area contributed by atoms with Gasteiger partial charge in [0.15, 0.2) is 0 Å². The first-order chi connectivity index (χ1) is 7.33. The van der Waals surface area contributed by atoms with Gasteiger partial charge in [-0.2, -0.15) is 0 Å². The van der Waals surface area contributed by atoms with Crippen LogP contribution in [0.2, 0.25) is 0 Å². The number of hydrogen-bond acceptors (Lipinski definition) is 2. The van der Waals surface area contributed by atoms with E-state index >= 15 is 0 Å². The van der Waals surface area contributed by atoms with Crippen LogP contribution in [0.25, 0.3) is 0 Å². The van der Waals surface area contributed by atoms with Gasteiger partial charge in [0.25, 0.3) is 0 Å². The molecule has 1 aliphatic carbocycles. The Hall–Kier alpha value is -1.31. The second-order valence-electron chi connectivity index (χ2n) is 4.21. The Morgan fingerprint density at radius 3 is 2.53 bits per heavy atom. The van der Waals surface area contributed by atoms with E-state index in [0.717, 1.165) is 31.3 Å². The standard InChI is InChI=1S/C13H16O2/c1-15-13-4-2-11(3-5-13)12-8-10(9-12)6-7-14/h2-5,7,10,12H,6,8-9H2,1H3. The third kappa shape index (κ3) is 2.20. The summed E-state index contributed by atoms with van der Waals surface area (Å²) in [4.78, 5) is 10.3. The number of methoxy groups -OCH3 is 1. The highest BCUT2D eigenvalue weighted by molar-refractivity contribution is 5.50. The van der Waals surface area contributed by atoms with Crippen LogP contribution in [0.5, 0.6) is 5.75 Å². The summed E-state index contributed by atoms with van der Waals surface area (Å²) in [7, 11) is 1.68. The molecule has 1 saturated carbocycles. The Balaban J connectivity index is 1.92. The molecule has 1 aromatic carbocycles. The van der Waals surface area contributed by atoms with Crippen LogP contribution in [0.1, 0.15) is 30.7 Å². The Labute approximate surface area is 90.3 Å². The average molecular weight is 204 g/mol. The van der Waals surface area contributed by atoms with Gasteiger partial charge in [-0.15, -0.1) is 0 Å². The van der Waals surface area contributed by atoms with Crippen LogP contribution in [-0.4, -0.2) is 13.4 Å². The van der Waals surface area contributed by atoms with Gasteiger partial charge in [-0.3, -0.25) is 0 Å². The predicted molar refractivity (Wildman–Crippen MR) is 59.1 cm³/mol. The summed E-state index contributed by atoms with van der Waals surface area (Å²) in [6, 6.07) is 8.26. The van der Waals surface area contributed by atoms with Gasteiger partial charge in [0.05, 0.1) is 7.11 Å². The molecule has 1 fully saturated rings. The van der Waals surface area contributed by atoms with Gasteiger partial charge in [-0.25, -0.2) is 0 Å². The molecule has 2 heteroatoms. The fourth-order valence-corrected chi connectivity index (χ4v) is 2.21. The van der Waals surface area contributed by atoms with Gasteiger partial charge >= 0.3 is 0 Å². The van der Waals surface area contributed by atoms with Crippen LogP contribution in [-0.2, 0) is 4.79 Å². The lowest BCUT2D eigenvalue weighted by atomic mass is 9.70. The van der Waals surface area contributed by atoms with Gasteiger partial charge in [-0.05, 0) is 42.4 Å². The normalized spacial score (nSPS) is 24.3. The molecule has 0 atom stereocenters. The molecule has 0 amide bonds. The van der Waals surface area contributed by atoms with Crippen molar-refractivity contribution in [3.8, 4) is 5.75 Å². The van der Waals surface area contributed by atoms with E-state index in [0.29, 0.717) is 11.8 Å². The number of carbonyl (C=O) groups excluding carboxylic acids is 1. The maximum Gasteiger partial charge on any atom is 0.120 e. The molecule has 0 unspecified atom stereocenters. The van der Waals surface area contributed by atoms with Crippen molar-refractivity contribution >= 4 is 6.29 Å². The van der Waals surface area contributed by atoms with Crippen LogP contribution in [0.15, 0.2) is 24.3 Å². The number of carbonyl (C=O) groups is 1. The highest BCUT2D eigenvalue weighted by Crippen LogP contribution is 2.43. The third-order valence-electron chi connectivity index (χ3n) is 3.25. The fourth-order valence-electron chi connectivity index (χ4n) is 2.21. The number of hydrogen-bond donors (Lipinski definition) is 0. The van der Waals surface area contributed by atoms with Crippen molar-refractivity contribution in [2.45, 2.75) is 25.2 Å². The van der Waals surface area contributed by atoms with Crippen molar-refractivity contribution in [3.63, 3.8) is 0 Å². The molecule has 0 spiro atoms. The van der Waals surface area contributed by atoms with Crippen molar-refractivity contribution < 1.29 is 9.53 Å². The number of rotatable bonds is 4. The SMILES string of the molecule is COc1ccc(C2CC(CC=O)C2)cc1. The first-order valence-corrected chi connectivity index (χ1v) is 5.41. The van der Waals surface area contributed by atoms with Crippen LogP contribution in [0.4, 0.5) is 0 Å². The maximum absolute atomic E-state index is 10.3. The summed E-state index contributed by atoms with van der Waals surface area (Å²) in [6.07, 6.45) is 4.08. The van der Waals surface area contributed by atoms with Gasteiger partial charge in [0, 0.05) is 6.42 Å². The molecule has 1 aliphatic rings. The molecule has 2 nitrogen and oxygen atoms in total. The Bertz CT molecular complexity index is 323. The fraction of sp³-hybridized carbons (Fsp3) is 0.462. The molecular formula is C13H16O2. The van der Waals surface area contributed by atoms with E-state index in [1.54, 1.807) is 7.11 Å². The molecule has 0 saturated heterocycles. The lowest BCUT2D eigenvalue weighted by molar-refractivity contribution is -0.109. The zero-order valence-electron chi connectivity index (χ0n) is 8.98. The van der Waals surface area contributed by atoms with E-state index in [4.69, 9.17) is 4.74 Å². The smallest absolute Gasteiger partial charge is 0.120 e. The minimum atomic E-state index is 0.620. The van der Waals surface area contributed by atoms with Crippen LogP contribution < -0.4 is 4.74 Å². The molecule has 0 aliphatic heterocycles. The van der Waals surface area contributed by atoms with Gasteiger partial charge < -0.3 is 9.53 Å². The number of aldehydes is 1. The van der Waals surface area contributed by atoms with E-state index in [9.17, 15) is 4.79 Å². The second kappa shape index (κ2) is 4.47. The van der Waals surface area contributed by atoms with Crippen molar-refractivity contribution in [1.82, 2.24) is 0 Å². The lowest BCUT2D eigenvalue weighted by Gasteiger charge is -2.34. The Morgan fingerprint density at radius 2 is 2.00 bits per heavy atom. The third-order valence-corrected chi connectivity index (χ3v) is 3.25. The minimum Gasteiger partial charge on any atom is -0.497 e. The summed E-state index contributed by atoms with van der Waals surface area (Å²) in [5.74, 6) is 2.18. The largest absolute Gasteiger partial charge is 0.497 e. The molecule has 0 N–H and O–H groups in total. The quantitative estimate of drug-likeness (QED) is 0.705. The van der Waals surface area contributed by atoms with Gasteiger partial charge in [0.2, 0.25) is 0 Å². The summed E-state index contributed by atoms with van der Waals surface area (Å²) in [6.45, 7) is 0. The summed E-state index contributed by atoms with van der Waals surface area (Å²) < 4.78 is 5.11. The van der Waals surface area contributed by atoms with E-state index in [1.807, 2.05) is 12.1 Å². The molecule has 80 valence electrons. The molecule has 0 heterocycles. The first-order valence-electron chi connectivity index (χ1n) is 5.41. The number of ether oxygens (including phenoxy) is 1. The van der Waals surface area contributed by atoms with E-state index in [2.05, 4.69) is 12.1 Å². The summed E-state index contributed by atoms with van der Waals surface area (Å²) in [5.41, 5.74) is 1.37. The predicted octanol–water partition coefficient (Wildman–Crippen LogP) is 2.78. The van der Waals surface area contributed by atoms with Crippen LogP contribution >= 0.6 is 0 Å². The zero-order valence-corrected chi connectivity index (χ0v) is 8.98. The maximum atomic E-state index is 10.3. The Kier molecular flexibility index (Phi) is 3.05. The molecular weight excluding hydrogens is 188 g/mol. The van der Waals surface area contributed by atoms with E-state index in [-0.39, 0.29) is 0 Å². The van der Waals surface area contributed by atoms with Gasteiger partial charge in [-0.1, -0.05) is 12.1 Å². The molecule has 2 rings (SSSR count). The van der Waals surface area contributed by atoms with Crippen molar-refractivity contribution in [1.29, 1.82) is 0 Å². The van der Waals surface area contributed by atoms with Gasteiger partial charge in [0.1, 0.15) is 12.0 Å². The highest BCUT2D eigenvalue weighted by Gasteiger charge is 2.29. The summed E-state index contributed by atoms with van der Waals surface area (Å²) in [5, 5.41) is 0. The lowest BCUT2D eigenvalue weighted by Crippen LogP contribution is -2.21. The summed E-state index contributed by atoms with van der Waals surface area (Å²) >= 11 is 0. The Morgan fingerprint density at radius 1 is 1.33 bits per heavy atom. The monoisotopic (exact) mass is 204 g/mol. The molecule has 15 heavy (non-hydrogen) atoms. The van der Waals surface area contributed by atoms with Crippen molar-refractivity contribution in [2.75, 3.05) is 7.11 Å². The topological polar surface area (TPSA) is 26.3 Å². The van der Waals surface area contributed by atoms with Crippen molar-refractivity contribution in [3.05, 3.63) is 29.8 Å². The molecule has 0 radical (unpaired) electrons. The van der Waals surface area contributed by atoms with E-state index < -0.39 is 0 Å². The number of benzene rings is 1. The first kappa shape index (κ1) is 10.2. The highest BCUT2D eigenvalue weighted by atomic mass is 16.5. The van der Waals surface area contributed by atoms with E-state index in [1.165, 1.54) is 5.56 Å². The van der Waals surface area contributed by atoms with Crippen LogP contribution in [0.3, 0.4) is 0 Å². The van der Waals surface area contributed by atoms with Crippen molar-refractivity contribution in [2.24, 2.45) is 5.92 Å². The second-order valence-corrected chi connectivity index (χ2v) is 4.21. The molecule has 1 aromatic rings. The minimum absolute atomic E-state index is 0.620. The molecule has 0 bridgehead atoms. The average Bonchev–Trinajstić information content (AvgIpc) is 2.23.